The molecule has 0 spiro atoms. The van der Waals surface area contributed by atoms with Gasteiger partial charge in [-0.2, -0.15) is 0 Å². The number of fused-ring (bicyclic) bond motifs is 1. The van der Waals surface area contributed by atoms with E-state index in [-0.39, 0.29) is 66.3 Å². The number of carboxylic acids is 1. The Bertz CT molecular complexity index is 1040. The van der Waals surface area contributed by atoms with E-state index in [1.165, 1.54) is 25.1 Å². The fourth-order valence-electron chi connectivity index (χ4n) is 2.38. The Kier molecular flexibility index (Phi) is 14.5. The van der Waals surface area contributed by atoms with Gasteiger partial charge in [0.05, 0.1) is 6.33 Å². The van der Waals surface area contributed by atoms with Gasteiger partial charge in [0, 0.05) is 14.1 Å². The number of ether oxygens (including phenoxy) is 1. The van der Waals surface area contributed by atoms with E-state index in [1.54, 1.807) is 7.05 Å². The van der Waals surface area contributed by atoms with Crippen molar-refractivity contribution in [3.63, 3.8) is 0 Å². The number of rotatable bonds is 8. The van der Waals surface area contributed by atoms with Gasteiger partial charge in [0.1, 0.15) is 5.52 Å². The maximum absolute atomic E-state index is 11.4. The summed E-state index contributed by atoms with van der Waals surface area (Å²) in [6.07, 6.45) is 0.589. The van der Waals surface area contributed by atoms with Crippen molar-refractivity contribution in [2.45, 2.75) is 22.9 Å². The molecule has 2 aromatic rings. The summed E-state index contributed by atoms with van der Waals surface area (Å²) in [6.45, 7) is 0.203. The second-order valence-corrected chi connectivity index (χ2v) is 10.3. The summed E-state index contributed by atoms with van der Waals surface area (Å²) in [5.74, 6) is -1.74. The first-order valence-electron chi connectivity index (χ1n) is 9.14. The van der Waals surface area contributed by atoms with E-state index in [4.69, 9.17) is 12.9 Å². The number of carbonyl (C=O) groups excluding carboxylic acids is 2. The van der Waals surface area contributed by atoms with E-state index in [9.17, 15) is 24.0 Å². The SMILES string of the molecule is COC(CNC(=O)NC(=O)CCC(=O)O)[CH2][Hg][OH].Cn1c(=O)c2[nH]cnc2n(C)c1=O.[NaH]. The van der Waals surface area contributed by atoms with Gasteiger partial charge >= 0.3 is 153 Å². The zero-order chi connectivity index (χ0) is 23.6. The summed E-state index contributed by atoms with van der Waals surface area (Å²) >= 11 is -1.81. The number of aromatic nitrogens is 4. The summed E-state index contributed by atoms with van der Waals surface area (Å²) < 4.78 is 16.9. The Hall–Kier alpha value is -1.58. The predicted molar refractivity (Wildman–Crippen MR) is 110 cm³/mol. The van der Waals surface area contributed by atoms with Crippen LogP contribution in [0.1, 0.15) is 12.8 Å². The number of H-pyrrole nitrogens is 1. The molecule has 2 aromatic heterocycles. The van der Waals surface area contributed by atoms with Crippen molar-refractivity contribution in [1.29, 1.82) is 0 Å². The van der Waals surface area contributed by atoms with Gasteiger partial charge < -0.3 is 4.98 Å². The Morgan fingerprint density at radius 2 is 1.91 bits per heavy atom. The first-order valence-corrected chi connectivity index (χ1v) is 15.5. The second kappa shape index (κ2) is 15.3. The number of methoxy groups -OCH3 is 1. The van der Waals surface area contributed by atoms with Crippen LogP contribution < -0.4 is 21.9 Å². The zero-order valence-corrected chi connectivity index (χ0v) is 22.9. The molecule has 0 aromatic carbocycles. The Morgan fingerprint density at radius 3 is 2.47 bits per heavy atom. The molecule has 0 aliphatic rings. The Balaban J connectivity index is 0.000000605. The molecule has 0 saturated carbocycles. The molecule has 0 fully saturated rings. The minimum atomic E-state index is -1.81. The zero-order valence-electron chi connectivity index (χ0n) is 17.4. The van der Waals surface area contributed by atoms with E-state index >= 15 is 0 Å². The number of urea groups is 1. The number of imidazole rings is 1. The van der Waals surface area contributed by atoms with Crippen molar-refractivity contribution in [3.05, 3.63) is 27.2 Å². The number of carboxylic acid groups (broad SMARTS) is 1. The van der Waals surface area contributed by atoms with Crippen molar-refractivity contribution in [2.24, 2.45) is 14.1 Å². The van der Waals surface area contributed by atoms with Gasteiger partial charge in [-0.05, 0) is 0 Å². The molecule has 2 heterocycles. The normalized spacial score (nSPS) is 10.8. The summed E-state index contributed by atoms with van der Waals surface area (Å²) in [7, 11) is 4.49. The van der Waals surface area contributed by atoms with Crippen molar-refractivity contribution in [1.82, 2.24) is 29.7 Å². The van der Waals surface area contributed by atoms with E-state index in [2.05, 4.69) is 15.3 Å². The van der Waals surface area contributed by atoms with Crippen molar-refractivity contribution in [3.8, 4) is 0 Å². The number of amides is 3. The predicted octanol–water partition coefficient (Wildman–Crippen LogP) is -2.59. The topological polar surface area (TPSA) is 198 Å². The molecular weight excluding hydrogens is 628 g/mol. The van der Waals surface area contributed by atoms with Gasteiger partial charge in [0.2, 0.25) is 0 Å². The molecule has 0 aliphatic heterocycles. The summed E-state index contributed by atoms with van der Waals surface area (Å²) in [6, 6.07) is -0.693. The van der Waals surface area contributed by atoms with Crippen LogP contribution in [0.4, 0.5) is 4.79 Å². The van der Waals surface area contributed by atoms with Crippen LogP contribution in [-0.4, -0.2) is 94.4 Å². The van der Waals surface area contributed by atoms with E-state index in [0.717, 1.165) is 4.57 Å². The fraction of sp³-hybridized carbons (Fsp3) is 0.500. The number of nitrogens with zero attached hydrogens (tertiary/aromatic N) is 3. The maximum atomic E-state index is 11.4. The van der Waals surface area contributed by atoms with Gasteiger partial charge in [-0.25, -0.2) is 9.78 Å². The summed E-state index contributed by atoms with van der Waals surface area (Å²) in [4.78, 5) is 61.9. The number of nitrogens with one attached hydrogen (secondary N) is 3. The van der Waals surface area contributed by atoms with Crippen LogP contribution in [0.25, 0.3) is 11.2 Å². The van der Waals surface area contributed by atoms with E-state index in [1.807, 2.05) is 5.32 Å². The van der Waals surface area contributed by atoms with Crippen LogP contribution in [0, 0.1) is 0 Å². The van der Waals surface area contributed by atoms with Gasteiger partial charge in [0.25, 0.3) is 5.56 Å². The van der Waals surface area contributed by atoms with Crippen molar-refractivity contribution in [2.75, 3.05) is 13.7 Å². The third-order valence-corrected chi connectivity index (χ3v) is 7.63. The van der Waals surface area contributed by atoms with Gasteiger partial charge in [-0.15, -0.1) is 0 Å². The molecule has 14 nitrogen and oxygen atoms in total. The fourth-order valence-corrected chi connectivity index (χ4v) is 5.21. The van der Waals surface area contributed by atoms with Crippen molar-refractivity contribution >= 4 is 58.6 Å². The third-order valence-electron chi connectivity index (χ3n) is 4.12. The first kappa shape index (κ1) is 30.4. The van der Waals surface area contributed by atoms with Crippen LogP contribution in [0.2, 0.25) is 3.93 Å². The van der Waals surface area contributed by atoms with Crippen LogP contribution in [0.15, 0.2) is 15.9 Å². The number of aryl methyl sites for hydroxylation is 1. The Morgan fingerprint density at radius 1 is 1.25 bits per heavy atom. The van der Waals surface area contributed by atoms with E-state index in [0.29, 0.717) is 15.1 Å². The van der Waals surface area contributed by atoms with Crippen molar-refractivity contribution < 1.29 is 52.3 Å². The standard InChI is InChI=1S/C9H15N2O5.C7H8N4O2.Hg.Na.H2O.H/c1-6(16-2)5-10-9(15)11-7(12)3-4-8(13)14;1-10-5-4(8-3-9-5)6(12)11(2)7(10)13;;;;/h6H,1,3-5H2,2H3,(H,13,14)(H2,10,11,12,15);3H,1-2H3,(H,8,9);;;1H2;/q;;+1;;;/p-1. The molecule has 32 heavy (non-hydrogen) atoms. The number of imide groups is 1. The van der Waals surface area contributed by atoms with Gasteiger partial charge in [-0.1, -0.05) is 0 Å². The van der Waals surface area contributed by atoms with Crippen LogP contribution in [-0.2, 0) is 53.5 Å². The number of aliphatic carboxylic acids is 1. The number of aromatic amines is 1. The molecule has 1 unspecified atom stereocenters. The average Bonchev–Trinajstić information content (AvgIpc) is 3.23. The second-order valence-electron chi connectivity index (χ2n) is 6.33. The molecule has 0 radical (unpaired) electrons. The molecule has 0 saturated heterocycles. The molecular formula is C16H25HgN6NaO8. The Labute approximate surface area is 217 Å². The van der Waals surface area contributed by atoms with Crippen LogP contribution in [0.5, 0.6) is 0 Å². The number of carbonyl (C=O) groups is 3. The summed E-state index contributed by atoms with van der Waals surface area (Å²) in [5.41, 5.74) is 0.0119. The third kappa shape index (κ3) is 9.50. The van der Waals surface area contributed by atoms with Gasteiger partial charge in [0.15, 0.2) is 5.65 Å². The minimum absolute atomic E-state index is 0. The monoisotopic (exact) mass is 654 g/mol. The molecule has 0 bridgehead atoms. The van der Waals surface area contributed by atoms with Crippen LogP contribution in [0.3, 0.4) is 0 Å². The first-order chi connectivity index (χ1) is 14.6. The quantitative estimate of drug-likeness (QED) is 0.190. The average molecular weight is 653 g/mol. The molecule has 5 N–H and O–H groups in total. The molecule has 16 heteroatoms. The van der Waals surface area contributed by atoms with Gasteiger partial charge in [-0.3, -0.25) is 13.9 Å². The molecule has 1 atom stereocenters. The van der Waals surface area contributed by atoms with Crippen LogP contribution >= 0.6 is 0 Å². The molecule has 3 amide bonds. The molecule has 170 valence electrons. The number of hydrogen-bond acceptors (Lipinski definition) is 8. The molecule has 2 rings (SSSR count). The molecule has 0 aliphatic carbocycles. The van der Waals surface area contributed by atoms with E-state index < -0.39 is 42.9 Å². The number of hydrogen-bond donors (Lipinski definition) is 5. The summed E-state index contributed by atoms with van der Waals surface area (Å²) in [5, 5.41) is 12.8.